The van der Waals surface area contributed by atoms with Crippen LogP contribution in [0.4, 0.5) is 11.4 Å². The molecule has 0 unspecified atom stereocenters. The Balaban J connectivity index is 1.49. The van der Waals surface area contributed by atoms with Crippen LogP contribution in [-0.2, 0) is 14.8 Å². The first-order valence-electron chi connectivity index (χ1n) is 9.98. The van der Waals surface area contributed by atoms with Gasteiger partial charge in [0.15, 0.2) is 0 Å². The van der Waals surface area contributed by atoms with Crippen molar-refractivity contribution < 1.29 is 13.2 Å². The summed E-state index contributed by atoms with van der Waals surface area (Å²) in [5.41, 5.74) is 0.782. The predicted molar refractivity (Wildman–Crippen MR) is 124 cm³/mol. The van der Waals surface area contributed by atoms with Gasteiger partial charge in [0.1, 0.15) is 0 Å². The van der Waals surface area contributed by atoms with Gasteiger partial charge in [0.2, 0.25) is 11.1 Å². The summed E-state index contributed by atoms with van der Waals surface area (Å²) in [6, 6.07) is 13.4. The summed E-state index contributed by atoms with van der Waals surface area (Å²) in [5.74, 6) is -0.280. The van der Waals surface area contributed by atoms with Crippen molar-refractivity contribution in [2.45, 2.75) is 35.9 Å². The van der Waals surface area contributed by atoms with E-state index in [1.807, 2.05) is 6.07 Å². The van der Waals surface area contributed by atoms with E-state index in [0.717, 1.165) is 12.8 Å². The summed E-state index contributed by atoms with van der Waals surface area (Å²) in [7, 11) is -3.85. The number of anilines is 2. The lowest BCUT2D eigenvalue weighted by atomic mass is 10.3. The number of sulfonamides is 1. The van der Waals surface area contributed by atoms with Crippen molar-refractivity contribution in [1.82, 2.24) is 20.2 Å². The third-order valence-corrected chi connectivity index (χ3v) is 7.98. The van der Waals surface area contributed by atoms with Crippen LogP contribution in [-0.4, -0.2) is 46.8 Å². The van der Waals surface area contributed by atoms with E-state index < -0.39 is 10.0 Å². The van der Waals surface area contributed by atoms with Crippen LogP contribution in [0.3, 0.4) is 0 Å². The smallest absolute Gasteiger partial charge is 0.264 e. The molecule has 9 nitrogen and oxygen atoms in total. The number of aromatic nitrogens is 4. The fraction of sp³-hybridized carbons (Fsp3) is 0.300. The largest absolute Gasteiger partial charge is 0.324 e. The molecule has 0 spiro atoms. The standard InChI is InChI=1S/C20H21ClN6O3S2/c1-2-26(14-6-4-3-5-7-14)32(29,30)16-10-11-17(21)18(12-16)22-19(28)13-31-20-23-24-25-27(20)15-8-9-15/h3-7,10-12,15H,2,8-9,13H2,1H3,(H,22,28). The van der Waals surface area contributed by atoms with E-state index in [4.69, 9.17) is 11.6 Å². The maximum atomic E-state index is 13.2. The topological polar surface area (TPSA) is 110 Å². The maximum Gasteiger partial charge on any atom is 0.264 e. The lowest BCUT2D eigenvalue weighted by Crippen LogP contribution is -2.30. The van der Waals surface area contributed by atoms with E-state index in [9.17, 15) is 13.2 Å². The lowest BCUT2D eigenvalue weighted by molar-refractivity contribution is -0.113. The fourth-order valence-electron chi connectivity index (χ4n) is 3.12. The van der Waals surface area contributed by atoms with Gasteiger partial charge in [-0.2, -0.15) is 0 Å². The van der Waals surface area contributed by atoms with Gasteiger partial charge in [0.25, 0.3) is 10.0 Å². The van der Waals surface area contributed by atoms with Gasteiger partial charge >= 0.3 is 0 Å². The second kappa shape index (κ2) is 9.47. The van der Waals surface area contributed by atoms with Gasteiger partial charge in [-0.1, -0.05) is 41.6 Å². The van der Waals surface area contributed by atoms with E-state index in [1.165, 1.54) is 34.3 Å². The Morgan fingerprint density at radius 2 is 2.00 bits per heavy atom. The van der Waals surface area contributed by atoms with Crippen LogP contribution >= 0.6 is 23.4 Å². The van der Waals surface area contributed by atoms with Crippen molar-refractivity contribution in [3.05, 3.63) is 53.6 Å². The number of rotatable bonds is 9. The number of carbonyl (C=O) groups excluding carboxylic acids is 1. The number of thioether (sulfide) groups is 1. The van der Waals surface area contributed by atoms with E-state index >= 15 is 0 Å². The molecule has 0 saturated heterocycles. The molecule has 168 valence electrons. The second-order valence-electron chi connectivity index (χ2n) is 7.12. The Labute approximate surface area is 195 Å². The third kappa shape index (κ3) is 4.89. The number of hydrogen-bond acceptors (Lipinski definition) is 7. The fourth-order valence-corrected chi connectivity index (χ4v) is 5.53. The highest BCUT2D eigenvalue weighted by molar-refractivity contribution is 7.99. The molecule has 1 aromatic heterocycles. The summed E-state index contributed by atoms with van der Waals surface area (Å²) in [6.07, 6.45) is 2.05. The van der Waals surface area contributed by atoms with Crippen molar-refractivity contribution >= 4 is 50.7 Å². The molecular weight excluding hydrogens is 472 g/mol. The highest BCUT2D eigenvalue weighted by Gasteiger charge is 2.28. The Morgan fingerprint density at radius 3 is 2.69 bits per heavy atom. The summed E-state index contributed by atoms with van der Waals surface area (Å²) in [4.78, 5) is 12.5. The summed E-state index contributed by atoms with van der Waals surface area (Å²) in [6.45, 7) is 2.01. The van der Waals surface area contributed by atoms with Gasteiger partial charge in [-0.3, -0.25) is 9.10 Å². The zero-order chi connectivity index (χ0) is 22.7. The molecule has 1 fully saturated rings. The monoisotopic (exact) mass is 492 g/mol. The van der Waals surface area contributed by atoms with Gasteiger partial charge in [-0.25, -0.2) is 13.1 Å². The van der Waals surface area contributed by atoms with Crippen molar-refractivity contribution in [3.63, 3.8) is 0 Å². The van der Waals surface area contributed by atoms with Crippen molar-refractivity contribution in [3.8, 4) is 0 Å². The van der Waals surface area contributed by atoms with Crippen molar-refractivity contribution in [2.75, 3.05) is 21.9 Å². The van der Waals surface area contributed by atoms with Gasteiger partial charge in [0.05, 0.1) is 33.1 Å². The number of nitrogens with zero attached hydrogens (tertiary/aromatic N) is 5. The molecule has 1 aliphatic carbocycles. The second-order valence-corrected chi connectivity index (χ2v) is 10.3. The predicted octanol–water partition coefficient (Wildman–Crippen LogP) is 3.61. The van der Waals surface area contributed by atoms with Crippen LogP contribution in [0.2, 0.25) is 5.02 Å². The number of nitrogens with one attached hydrogen (secondary N) is 1. The number of amides is 1. The molecule has 1 heterocycles. The summed E-state index contributed by atoms with van der Waals surface area (Å²) >= 11 is 7.45. The zero-order valence-electron chi connectivity index (χ0n) is 17.2. The molecule has 0 radical (unpaired) electrons. The first-order valence-corrected chi connectivity index (χ1v) is 12.8. The average Bonchev–Trinajstić information content (AvgIpc) is 3.52. The molecule has 0 atom stereocenters. The van der Waals surface area contributed by atoms with Gasteiger partial charge < -0.3 is 5.32 Å². The number of carbonyl (C=O) groups is 1. The molecule has 1 saturated carbocycles. The summed E-state index contributed by atoms with van der Waals surface area (Å²) in [5, 5.41) is 15.1. The molecule has 1 aliphatic rings. The quantitative estimate of drug-likeness (QED) is 0.454. The Morgan fingerprint density at radius 1 is 1.25 bits per heavy atom. The third-order valence-electron chi connectivity index (χ3n) is 4.82. The number of benzene rings is 2. The molecule has 4 rings (SSSR count). The molecule has 0 aliphatic heterocycles. The highest BCUT2D eigenvalue weighted by atomic mass is 35.5. The first kappa shape index (κ1) is 22.6. The molecule has 1 N–H and O–H groups in total. The normalized spacial score (nSPS) is 13.7. The molecule has 3 aromatic rings. The van der Waals surface area contributed by atoms with E-state index in [2.05, 4.69) is 20.8 Å². The SMILES string of the molecule is CCN(c1ccccc1)S(=O)(=O)c1ccc(Cl)c(NC(=O)CSc2nnnn2C2CC2)c1. The van der Waals surface area contributed by atoms with Gasteiger partial charge in [0, 0.05) is 6.54 Å². The van der Waals surface area contributed by atoms with Crippen molar-refractivity contribution in [2.24, 2.45) is 0 Å². The number of hydrogen-bond donors (Lipinski definition) is 1. The van der Waals surface area contributed by atoms with Crippen LogP contribution in [0.15, 0.2) is 58.6 Å². The lowest BCUT2D eigenvalue weighted by Gasteiger charge is -2.23. The number of tetrazole rings is 1. The summed E-state index contributed by atoms with van der Waals surface area (Å²) < 4.78 is 29.5. The van der Waals surface area contributed by atoms with Crippen LogP contribution < -0.4 is 9.62 Å². The van der Waals surface area contributed by atoms with Crippen LogP contribution in [0, 0.1) is 0 Å². The van der Waals surface area contributed by atoms with Crippen LogP contribution in [0.5, 0.6) is 0 Å². The molecule has 0 bridgehead atoms. The van der Waals surface area contributed by atoms with Gasteiger partial charge in [-0.05, 0) is 60.5 Å². The first-order chi connectivity index (χ1) is 15.4. The minimum absolute atomic E-state index is 0.0354. The van der Waals surface area contributed by atoms with Gasteiger partial charge in [-0.15, -0.1) is 5.10 Å². The molecule has 12 heteroatoms. The van der Waals surface area contributed by atoms with E-state index in [-0.39, 0.29) is 33.8 Å². The highest BCUT2D eigenvalue weighted by Crippen LogP contribution is 2.36. The number of para-hydroxylation sites is 1. The van der Waals surface area contributed by atoms with E-state index in [1.54, 1.807) is 35.9 Å². The Hall–Kier alpha value is -2.63. The van der Waals surface area contributed by atoms with Crippen molar-refractivity contribution in [1.29, 1.82) is 0 Å². The molecule has 32 heavy (non-hydrogen) atoms. The maximum absolute atomic E-state index is 13.2. The van der Waals surface area contributed by atoms with Crippen LogP contribution in [0.1, 0.15) is 25.8 Å². The molecule has 1 amide bonds. The van der Waals surface area contributed by atoms with Crippen LogP contribution in [0.25, 0.3) is 0 Å². The molecule has 2 aromatic carbocycles. The molecular formula is C20H21ClN6O3S2. The number of halogens is 1. The minimum Gasteiger partial charge on any atom is -0.324 e. The minimum atomic E-state index is -3.85. The van der Waals surface area contributed by atoms with E-state index in [0.29, 0.717) is 16.9 Å². The Bertz CT molecular complexity index is 1220. The Kier molecular flexibility index (Phi) is 6.68. The average molecular weight is 493 g/mol. The zero-order valence-corrected chi connectivity index (χ0v) is 19.6.